The Balaban J connectivity index is 1.40. The van der Waals surface area contributed by atoms with Gasteiger partial charge in [-0.3, -0.25) is 4.90 Å². The molecule has 5 heteroatoms. The molecule has 4 nitrogen and oxygen atoms in total. The van der Waals surface area contributed by atoms with E-state index in [1.54, 1.807) is 0 Å². The van der Waals surface area contributed by atoms with E-state index in [0.717, 1.165) is 44.2 Å². The minimum Gasteiger partial charge on any atom is -0.354 e. The monoisotopic (exact) mass is 310 g/mol. The fraction of sp³-hybridized carbons (Fsp3) is 0.294. The zero-order valence-corrected chi connectivity index (χ0v) is 13.2. The smallest absolute Gasteiger partial charge is 0.128 e. The first-order valence-electron chi connectivity index (χ1n) is 7.60. The quantitative estimate of drug-likeness (QED) is 0.744. The van der Waals surface area contributed by atoms with E-state index in [-0.39, 0.29) is 0 Å². The van der Waals surface area contributed by atoms with Gasteiger partial charge in [0.15, 0.2) is 0 Å². The zero-order valence-electron chi connectivity index (χ0n) is 12.4. The van der Waals surface area contributed by atoms with E-state index in [0.29, 0.717) is 0 Å². The number of rotatable bonds is 3. The average Bonchev–Trinajstić information content (AvgIpc) is 3.00. The molecule has 3 heterocycles. The van der Waals surface area contributed by atoms with Crippen LogP contribution in [0.4, 0.5) is 5.82 Å². The van der Waals surface area contributed by atoms with Gasteiger partial charge in [-0.2, -0.15) is 4.37 Å². The molecule has 0 spiro atoms. The van der Waals surface area contributed by atoms with Gasteiger partial charge in [0.05, 0.1) is 5.69 Å². The maximum atomic E-state index is 4.45. The Morgan fingerprint density at radius 1 is 1.00 bits per heavy atom. The minimum atomic E-state index is 1.01. The van der Waals surface area contributed by atoms with E-state index in [1.807, 2.05) is 12.3 Å². The van der Waals surface area contributed by atoms with Crippen molar-refractivity contribution in [2.75, 3.05) is 31.1 Å². The maximum Gasteiger partial charge on any atom is 0.128 e. The molecule has 2 aliphatic heterocycles. The minimum absolute atomic E-state index is 1.01. The van der Waals surface area contributed by atoms with Crippen LogP contribution in [0.15, 0.2) is 48.0 Å². The summed E-state index contributed by atoms with van der Waals surface area (Å²) in [7, 11) is 0. The number of hydrogen-bond donors (Lipinski definition) is 0. The average molecular weight is 310 g/mol. The number of aromatic nitrogens is 2. The Bertz CT molecular complexity index is 704. The summed E-state index contributed by atoms with van der Waals surface area (Å²) in [4.78, 5) is 9.33. The van der Waals surface area contributed by atoms with E-state index >= 15 is 0 Å². The van der Waals surface area contributed by atoms with Crippen LogP contribution in [0.1, 0.15) is 5.56 Å². The standard InChI is InChI=1S/C17H18N4S/c1-2-7-18-17(3-1)21-10-8-20(9-11-21)13-14-4-5-16-15(14)6-12-22-19-16/h1-7,12H,8-11,13H2. The topological polar surface area (TPSA) is 32.3 Å². The summed E-state index contributed by atoms with van der Waals surface area (Å²) in [5, 5.41) is 2.06. The highest BCUT2D eigenvalue weighted by Crippen LogP contribution is 2.28. The molecule has 0 bridgehead atoms. The first-order valence-corrected chi connectivity index (χ1v) is 8.44. The van der Waals surface area contributed by atoms with Crippen molar-refractivity contribution in [3.8, 4) is 11.3 Å². The Labute approximate surface area is 134 Å². The molecule has 1 aromatic rings. The second-order valence-electron chi connectivity index (χ2n) is 5.61. The van der Waals surface area contributed by atoms with Gasteiger partial charge in [0.1, 0.15) is 5.82 Å². The summed E-state index contributed by atoms with van der Waals surface area (Å²) in [6, 6.07) is 12.6. The van der Waals surface area contributed by atoms with E-state index in [4.69, 9.17) is 0 Å². The Kier molecular flexibility index (Phi) is 3.74. The number of anilines is 1. The molecule has 22 heavy (non-hydrogen) atoms. The van der Waals surface area contributed by atoms with Gasteiger partial charge in [-0.05, 0) is 41.4 Å². The van der Waals surface area contributed by atoms with Gasteiger partial charge in [0.25, 0.3) is 0 Å². The highest BCUT2D eigenvalue weighted by molar-refractivity contribution is 7.03. The van der Waals surface area contributed by atoms with Crippen LogP contribution in [0.2, 0.25) is 0 Å². The fourth-order valence-corrected chi connectivity index (χ4v) is 3.57. The second kappa shape index (κ2) is 6.02. The molecule has 1 fully saturated rings. The van der Waals surface area contributed by atoms with Crippen molar-refractivity contribution in [2.24, 2.45) is 0 Å². The number of piperazine rings is 1. The van der Waals surface area contributed by atoms with E-state index in [2.05, 4.69) is 54.9 Å². The van der Waals surface area contributed by atoms with Crippen LogP contribution < -0.4 is 4.90 Å². The SMILES string of the molecule is c1ccc(N2CCN(Cc3ccc4nsccc3-4)CC2)nc1. The van der Waals surface area contributed by atoms with Gasteiger partial charge in [-0.1, -0.05) is 12.1 Å². The Morgan fingerprint density at radius 3 is 2.73 bits per heavy atom. The van der Waals surface area contributed by atoms with E-state index in [1.165, 1.54) is 22.7 Å². The van der Waals surface area contributed by atoms with Gasteiger partial charge in [-0.25, -0.2) is 4.98 Å². The molecule has 0 unspecified atom stereocenters. The van der Waals surface area contributed by atoms with Crippen molar-refractivity contribution in [3.63, 3.8) is 0 Å². The van der Waals surface area contributed by atoms with Gasteiger partial charge < -0.3 is 4.90 Å². The van der Waals surface area contributed by atoms with Crippen molar-refractivity contribution in [2.45, 2.75) is 6.54 Å². The summed E-state index contributed by atoms with van der Waals surface area (Å²) in [6.45, 7) is 5.24. The predicted molar refractivity (Wildman–Crippen MR) is 90.5 cm³/mol. The largest absolute Gasteiger partial charge is 0.354 e. The van der Waals surface area contributed by atoms with Crippen LogP contribution in [0.5, 0.6) is 0 Å². The fourth-order valence-electron chi connectivity index (χ4n) is 3.04. The number of nitrogens with zero attached hydrogens (tertiary/aromatic N) is 4. The van der Waals surface area contributed by atoms with Crippen LogP contribution in [0, 0.1) is 0 Å². The lowest BCUT2D eigenvalue weighted by Gasteiger charge is -2.35. The molecule has 0 N–H and O–H groups in total. The maximum absolute atomic E-state index is 4.45. The lowest BCUT2D eigenvalue weighted by Crippen LogP contribution is -2.46. The van der Waals surface area contributed by atoms with Crippen LogP contribution in [-0.4, -0.2) is 40.4 Å². The van der Waals surface area contributed by atoms with Crippen molar-refractivity contribution in [1.29, 1.82) is 0 Å². The molecule has 4 rings (SSSR count). The lowest BCUT2D eigenvalue weighted by atomic mass is 10.1. The van der Waals surface area contributed by atoms with Crippen molar-refractivity contribution in [3.05, 3.63) is 53.5 Å². The third-order valence-electron chi connectivity index (χ3n) is 4.25. The van der Waals surface area contributed by atoms with Crippen LogP contribution in [0.3, 0.4) is 0 Å². The first kappa shape index (κ1) is 13.7. The van der Waals surface area contributed by atoms with Crippen molar-refractivity contribution < 1.29 is 0 Å². The molecular formula is C17H18N4S. The summed E-state index contributed by atoms with van der Waals surface area (Å²) in [5.74, 6) is 1.09. The molecule has 0 radical (unpaired) electrons. The van der Waals surface area contributed by atoms with Gasteiger partial charge in [-0.15, -0.1) is 0 Å². The van der Waals surface area contributed by atoms with Gasteiger partial charge in [0, 0.05) is 49.9 Å². The molecule has 0 atom stereocenters. The molecule has 1 saturated heterocycles. The summed E-state index contributed by atoms with van der Waals surface area (Å²) in [5.41, 5.74) is 3.81. The molecule has 0 amide bonds. The summed E-state index contributed by atoms with van der Waals surface area (Å²) >= 11 is 1.51. The lowest BCUT2D eigenvalue weighted by molar-refractivity contribution is 0.250. The molecular weight excluding hydrogens is 292 g/mol. The Morgan fingerprint density at radius 2 is 1.91 bits per heavy atom. The predicted octanol–water partition coefficient (Wildman–Crippen LogP) is 2.97. The van der Waals surface area contributed by atoms with Gasteiger partial charge in [0.2, 0.25) is 0 Å². The first-order chi connectivity index (χ1) is 10.9. The van der Waals surface area contributed by atoms with Crippen molar-refractivity contribution >= 4 is 17.4 Å². The number of pyridine rings is 1. The molecule has 112 valence electrons. The highest BCUT2D eigenvalue weighted by Gasteiger charge is 2.19. The number of fused-ring (bicyclic) bond motifs is 1. The third-order valence-corrected chi connectivity index (χ3v) is 4.81. The van der Waals surface area contributed by atoms with Gasteiger partial charge >= 0.3 is 0 Å². The number of hydrogen-bond acceptors (Lipinski definition) is 5. The highest BCUT2D eigenvalue weighted by atomic mass is 32.1. The molecule has 1 aromatic heterocycles. The second-order valence-corrected chi connectivity index (χ2v) is 6.27. The molecule has 0 saturated carbocycles. The van der Waals surface area contributed by atoms with Crippen LogP contribution in [-0.2, 0) is 6.54 Å². The third kappa shape index (κ3) is 2.69. The van der Waals surface area contributed by atoms with Crippen molar-refractivity contribution in [1.82, 2.24) is 14.3 Å². The van der Waals surface area contributed by atoms with Crippen LogP contribution >= 0.6 is 11.5 Å². The normalized spacial score (nSPS) is 16.3. The van der Waals surface area contributed by atoms with Crippen LogP contribution in [0.25, 0.3) is 11.3 Å². The summed E-state index contributed by atoms with van der Waals surface area (Å²) < 4.78 is 4.45. The Hall–Kier alpha value is -1.98. The molecule has 1 aliphatic carbocycles. The summed E-state index contributed by atoms with van der Waals surface area (Å²) in [6.07, 6.45) is 1.87. The van der Waals surface area contributed by atoms with E-state index < -0.39 is 0 Å². The van der Waals surface area contributed by atoms with E-state index in [9.17, 15) is 0 Å². The molecule has 0 aromatic carbocycles. The zero-order chi connectivity index (χ0) is 14.8. The molecule has 3 aliphatic rings.